The van der Waals surface area contributed by atoms with Crippen molar-refractivity contribution in [1.82, 2.24) is 4.31 Å². The molecule has 0 aliphatic heterocycles. The van der Waals surface area contributed by atoms with Gasteiger partial charge < -0.3 is 5.73 Å². The number of hydrogen-bond acceptors (Lipinski definition) is 3. The van der Waals surface area contributed by atoms with Crippen LogP contribution in [0.1, 0.15) is 18.9 Å². The Balaban J connectivity index is 3.22. The first-order valence-electron chi connectivity index (χ1n) is 6.01. The molecule has 114 valence electrons. The highest BCUT2D eigenvalue weighted by molar-refractivity contribution is 7.89. The van der Waals surface area contributed by atoms with Crippen LogP contribution in [0.3, 0.4) is 0 Å². The van der Waals surface area contributed by atoms with Crippen molar-refractivity contribution in [3.63, 3.8) is 0 Å². The van der Waals surface area contributed by atoms with Gasteiger partial charge in [-0.15, -0.1) is 0 Å². The van der Waals surface area contributed by atoms with Crippen molar-refractivity contribution in [2.75, 3.05) is 18.8 Å². The Bertz CT molecular complexity index is 571. The van der Waals surface area contributed by atoms with Crippen LogP contribution >= 0.6 is 0 Å². The molecule has 2 N–H and O–H groups in total. The lowest BCUT2D eigenvalue weighted by Crippen LogP contribution is -2.39. The second-order valence-corrected chi connectivity index (χ2v) is 6.40. The molecule has 1 aromatic rings. The third-order valence-corrected chi connectivity index (χ3v) is 4.53. The third-order valence-electron chi connectivity index (χ3n) is 2.61. The molecule has 0 aromatic heterocycles. The SMILES string of the molecule is CCCN(CC(F)(F)F)S(=O)(=O)c1ccc(C)cc1N. The normalized spacial score (nSPS) is 12.9. The van der Waals surface area contributed by atoms with Crippen molar-refractivity contribution in [1.29, 1.82) is 0 Å². The van der Waals surface area contributed by atoms with Crippen LogP contribution in [0.4, 0.5) is 18.9 Å². The molecule has 0 atom stereocenters. The van der Waals surface area contributed by atoms with Gasteiger partial charge in [0.25, 0.3) is 0 Å². The number of anilines is 1. The zero-order valence-corrected chi connectivity index (χ0v) is 12.1. The summed E-state index contributed by atoms with van der Waals surface area (Å²) in [6, 6.07) is 4.16. The van der Waals surface area contributed by atoms with Crippen molar-refractivity contribution in [2.45, 2.75) is 31.3 Å². The van der Waals surface area contributed by atoms with E-state index in [4.69, 9.17) is 5.73 Å². The Hall–Kier alpha value is -1.28. The molecular formula is C12H17F3N2O2S. The monoisotopic (exact) mass is 310 g/mol. The summed E-state index contributed by atoms with van der Waals surface area (Å²) in [4.78, 5) is -0.291. The van der Waals surface area contributed by atoms with E-state index in [0.717, 1.165) is 5.56 Å². The van der Waals surface area contributed by atoms with Crippen LogP contribution in [0.15, 0.2) is 23.1 Å². The molecule has 0 radical (unpaired) electrons. The summed E-state index contributed by atoms with van der Waals surface area (Å²) in [6.07, 6.45) is -4.32. The van der Waals surface area contributed by atoms with Crippen LogP contribution in [0.5, 0.6) is 0 Å². The van der Waals surface area contributed by atoms with E-state index >= 15 is 0 Å². The van der Waals surface area contributed by atoms with Gasteiger partial charge in [-0.05, 0) is 31.0 Å². The van der Waals surface area contributed by atoms with Crippen LogP contribution in [0.25, 0.3) is 0 Å². The fourth-order valence-corrected chi connectivity index (χ4v) is 3.39. The average molecular weight is 310 g/mol. The Labute approximate surface area is 116 Å². The average Bonchev–Trinajstić information content (AvgIpc) is 2.26. The minimum atomic E-state index is -4.60. The van der Waals surface area contributed by atoms with Gasteiger partial charge in [0.15, 0.2) is 0 Å². The molecule has 0 saturated heterocycles. The van der Waals surface area contributed by atoms with Gasteiger partial charge >= 0.3 is 6.18 Å². The fraction of sp³-hybridized carbons (Fsp3) is 0.500. The summed E-state index contributed by atoms with van der Waals surface area (Å²) in [5.74, 6) is 0. The van der Waals surface area contributed by atoms with Crippen molar-refractivity contribution < 1.29 is 21.6 Å². The Kier molecular flexibility index (Phi) is 5.04. The number of halogens is 3. The van der Waals surface area contributed by atoms with Crippen molar-refractivity contribution in [3.8, 4) is 0 Å². The quantitative estimate of drug-likeness (QED) is 0.850. The lowest BCUT2D eigenvalue weighted by atomic mass is 10.2. The van der Waals surface area contributed by atoms with Gasteiger partial charge in [0.1, 0.15) is 11.4 Å². The first-order chi connectivity index (χ1) is 9.08. The number of alkyl halides is 3. The topological polar surface area (TPSA) is 63.4 Å². The molecule has 0 fully saturated rings. The zero-order chi connectivity index (χ0) is 15.6. The van der Waals surface area contributed by atoms with Gasteiger partial charge in [0.2, 0.25) is 10.0 Å². The van der Waals surface area contributed by atoms with Crippen LogP contribution in [0, 0.1) is 6.92 Å². The maximum Gasteiger partial charge on any atom is 0.402 e. The van der Waals surface area contributed by atoms with Gasteiger partial charge in [0.05, 0.1) is 5.69 Å². The van der Waals surface area contributed by atoms with Gasteiger partial charge in [-0.1, -0.05) is 13.0 Å². The maximum absolute atomic E-state index is 12.5. The van der Waals surface area contributed by atoms with Gasteiger partial charge in [-0.2, -0.15) is 17.5 Å². The van der Waals surface area contributed by atoms with E-state index < -0.39 is 22.7 Å². The van der Waals surface area contributed by atoms with E-state index in [1.54, 1.807) is 13.8 Å². The molecule has 0 aliphatic rings. The summed E-state index contributed by atoms with van der Waals surface area (Å²) in [5.41, 5.74) is 6.31. The Morgan fingerprint density at radius 3 is 2.35 bits per heavy atom. The fourth-order valence-electron chi connectivity index (χ4n) is 1.78. The smallest absolute Gasteiger partial charge is 0.398 e. The summed E-state index contributed by atoms with van der Waals surface area (Å²) < 4.78 is 62.5. The highest BCUT2D eigenvalue weighted by atomic mass is 32.2. The Morgan fingerprint density at radius 2 is 1.90 bits per heavy atom. The number of hydrogen-bond donors (Lipinski definition) is 1. The highest BCUT2D eigenvalue weighted by Gasteiger charge is 2.37. The largest absolute Gasteiger partial charge is 0.402 e. The van der Waals surface area contributed by atoms with E-state index in [1.165, 1.54) is 18.2 Å². The first kappa shape index (κ1) is 16.8. The lowest BCUT2D eigenvalue weighted by Gasteiger charge is -2.23. The molecule has 0 amide bonds. The van der Waals surface area contributed by atoms with Crippen molar-refractivity contribution in [3.05, 3.63) is 23.8 Å². The maximum atomic E-state index is 12.5. The molecule has 0 heterocycles. The highest BCUT2D eigenvalue weighted by Crippen LogP contribution is 2.26. The van der Waals surface area contributed by atoms with Crippen LogP contribution in [-0.2, 0) is 10.0 Å². The number of nitrogens with zero attached hydrogens (tertiary/aromatic N) is 1. The van der Waals surface area contributed by atoms with Crippen LogP contribution < -0.4 is 5.73 Å². The van der Waals surface area contributed by atoms with Crippen molar-refractivity contribution >= 4 is 15.7 Å². The molecule has 0 aliphatic carbocycles. The molecule has 20 heavy (non-hydrogen) atoms. The molecule has 1 rings (SSSR count). The number of nitrogen functional groups attached to an aromatic ring is 1. The number of nitrogens with two attached hydrogens (primary N) is 1. The van der Waals surface area contributed by atoms with E-state index in [9.17, 15) is 21.6 Å². The second kappa shape index (κ2) is 6.01. The lowest BCUT2D eigenvalue weighted by molar-refractivity contribution is -0.136. The summed E-state index contributed by atoms with van der Waals surface area (Å²) in [5, 5.41) is 0. The molecule has 4 nitrogen and oxygen atoms in total. The number of aryl methyl sites for hydroxylation is 1. The molecule has 8 heteroatoms. The van der Waals surface area contributed by atoms with E-state index in [0.29, 0.717) is 4.31 Å². The van der Waals surface area contributed by atoms with E-state index in [-0.39, 0.29) is 23.5 Å². The Morgan fingerprint density at radius 1 is 1.30 bits per heavy atom. The molecule has 0 spiro atoms. The number of sulfonamides is 1. The van der Waals surface area contributed by atoms with Crippen molar-refractivity contribution in [2.24, 2.45) is 0 Å². The van der Waals surface area contributed by atoms with Gasteiger partial charge in [-0.3, -0.25) is 0 Å². The molecule has 0 unspecified atom stereocenters. The summed E-state index contributed by atoms with van der Waals surface area (Å²) in [6.45, 7) is 1.59. The first-order valence-corrected chi connectivity index (χ1v) is 7.45. The number of rotatable bonds is 5. The predicted octanol–water partition coefficient (Wildman–Crippen LogP) is 2.54. The minimum Gasteiger partial charge on any atom is -0.398 e. The van der Waals surface area contributed by atoms with E-state index in [2.05, 4.69) is 0 Å². The molecule has 0 saturated carbocycles. The molecular weight excluding hydrogens is 293 g/mol. The molecule has 1 aromatic carbocycles. The van der Waals surface area contributed by atoms with Gasteiger partial charge in [-0.25, -0.2) is 8.42 Å². The molecule has 0 bridgehead atoms. The summed E-state index contributed by atoms with van der Waals surface area (Å²) >= 11 is 0. The van der Waals surface area contributed by atoms with E-state index in [1.807, 2.05) is 0 Å². The second-order valence-electron chi connectivity index (χ2n) is 4.50. The predicted molar refractivity (Wildman–Crippen MR) is 70.7 cm³/mol. The standard InChI is InChI=1S/C12H17F3N2O2S/c1-3-6-17(8-12(13,14)15)20(18,19)11-5-4-9(2)7-10(11)16/h4-5,7H,3,6,8,16H2,1-2H3. The summed E-state index contributed by atoms with van der Waals surface area (Å²) in [7, 11) is -4.26. The van der Waals surface area contributed by atoms with Crippen LogP contribution in [0.2, 0.25) is 0 Å². The third kappa shape index (κ3) is 4.11. The van der Waals surface area contributed by atoms with Gasteiger partial charge in [0, 0.05) is 6.54 Å². The number of benzene rings is 1. The minimum absolute atomic E-state index is 0.0479. The zero-order valence-electron chi connectivity index (χ0n) is 11.2. The van der Waals surface area contributed by atoms with Crippen LogP contribution in [-0.4, -0.2) is 32.0 Å².